The zero-order chi connectivity index (χ0) is 9.10. The summed E-state index contributed by atoms with van der Waals surface area (Å²) < 4.78 is 0. The van der Waals surface area contributed by atoms with Crippen LogP contribution in [0.25, 0.3) is 0 Å². The molecule has 0 saturated heterocycles. The molecule has 1 heteroatoms. The fraction of sp³-hybridized carbons (Fsp3) is 0.615. The van der Waals surface area contributed by atoms with Crippen LogP contribution in [0.5, 0.6) is 0 Å². The van der Waals surface area contributed by atoms with Crippen LogP contribution < -0.4 is 0 Å². The van der Waals surface area contributed by atoms with Crippen molar-refractivity contribution in [3.8, 4) is 0 Å². The molecule has 0 nitrogen and oxygen atoms in total. The number of rotatable bonds is 3. The van der Waals surface area contributed by atoms with Crippen molar-refractivity contribution in [2.75, 3.05) is 0 Å². The van der Waals surface area contributed by atoms with E-state index in [-0.39, 0.29) is 26.2 Å². The van der Waals surface area contributed by atoms with E-state index in [0.29, 0.717) is 0 Å². The van der Waals surface area contributed by atoms with Crippen molar-refractivity contribution in [2.45, 2.75) is 51.9 Å². The molecule has 2 aliphatic carbocycles. The first-order valence-corrected chi connectivity index (χ1v) is 5.67. The standard InChI is InChI=1S/C13H19.Zr/c1-2-3-6-11-9-12-7-4-5-8-13(12)10-11;/h9-10H,2-8H2,1H3;. The van der Waals surface area contributed by atoms with Gasteiger partial charge in [0.05, 0.1) is 0 Å². The summed E-state index contributed by atoms with van der Waals surface area (Å²) in [5, 5.41) is 0. The summed E-state index contributed by atoms with van der Waals surface area (Å²) in [6.45, 7) is 2.27. The van der Waals surface area contributed by atoms with E-state index < -0.39 is 0 Å². The van der Waals surface area contributed by atoms with Gasteiger partial charge in [-0.2, -0.15) is 0 Å². The smallest absolute Gasteiger partial charge is 0.0119 e. The molecule has 14 heavy (non-hydrogen) atoms. The zero-order valence-electron chi connectivity index (χ0n) is 9.10. The van der Waals surface area contributed by atoms with E-state index >= 15 is 0 Å². The molecule has 0 aliphatic heterocycles. The number of unbranched alkanes of at least 4 members (excludes halogenated alkanes) is 1. The van der Waals surface area contributed by atoms with Gasteiger partial charge in [-0.05, 0) is 44.1 Å². The maximum Gasteiger partial charge on any atom is 0.0119 e. The molecule has 0 aromatic carbocycles. The molecule has 1 radical (unpaired) electrons. The molecule has 75 valence electrons. The summed E-state index contributed by atoms with van der Waals surface area (Å²) in [4.78, 5) is 0. The van der Waals surface area contributed by atoms with Crippen LogP contribution in [-0.4, -0.2) is 0 Å². The van der Waals surface area contributed by atoms with Crippen molar-refractivity contribution < 1.29 is 26.2 Å². The van der Waals surface area contributed by atoms with E-state index in [1.54, 1.807) is 16.7 Å². The summed E-state index contributed by atoms with van der Waals surface area (Å²) in [6, 6.07) is 0. The van der Waals surface area contributed by atoms with Gasteiger partial charge in [-0.15, -0.1) is 0 Å². The van der Waals surface area contributed by atoms with E-state index in [0.717, 1.165) is 0 Å². The molecule has 0 saturated carbocycles. The second kappa shape index (κ2) is 6.06. The van der Waals surface area contributed by atoms with Gasteiger partial charge < -0.3 is 0 Å². The molecule has 0 aromatic heterocycles. The third kappa shape index (κ3) is 2.92. The Hall–Kier alpha value is 0.363. The van der Waals surface area contributed by atoms with E-state index in [1.807, 2.05) is 0 Å². The molecule has 0 fully saturated rings. The van der Waals surface area contributed by atoms with E-state index in [9.17, 15) is 0 Å². The van der Waals surface area contributed by atoms with Gasteiger partial charge in [0.15, 0.2) is 0 Å². The minimum atomic E-state index is 0. The van der Waals surface area contributed by atoms with Crippen LogP contribution >= 0.6 is 0 Å². The van der Waals surface area contributed by atoms with Gasteiger partial charge in [-0.1, -0.05) is 30.6 Å². The fourth-order valence-electron chi connectivity index (χ4n) is 2.30. The summed E-state index contributed by atoms with van der Waals surface area (Å²) >= 11 is 0. The predicted octanol–water partition coefficient (Wildman–Crippen LogP) is 4.19. The van der Waals surface area contributed by atoms with Crippen LogP contribution in [0.4, 0.5) is 0 Å². The Morgan fingerprint density at radius 1 is 1.14 bits per heavy atom. The third-order valence-corrected chi connectivity index (χ3v) is 3.09. The first kappa shape index (κ1) is 12.4. The van der Waals surface area contributed by atoms with Crippen LogP contribution in [-0.2, 0) is 26.2 Å². The van der Waals surface area contributed by atoms with Crippen LogP contribution in [0, 0.1) is 6.42 Å². The molecular formula is C13H19Zr. The maximum atomic E-state index is 2.45. The van der Waals surface area contributed by atoms with Crippen LogP contribution in [0.3, 0.4) is 0 Å². The molecule has 0 atom stereocenters. The third-order valence-electron chi connectivity index (χ3n) is 3.09. The molecule has 2 rings (SSSR count). The van der Waals surface area contributed by atoms with Gasteiger partial charge in [0.1, 0.15) is 0 Å². The summed E-state index contributed by atoms with van der Waals surface area (Å²) in [5.74, 6) is 0. The Kier molecular flexibility index (Phi) is 5.38. The van der Waals surface area contributed by atoms with Crippen molar-refractivity contribution in [1.82, 2.24) is 0 Å². The monoisotopic (exact) mass is 265 g/mol. The van der Waals surface area contributed by atoms with Crippen molar-refractivity contribution in [2.24, 2.45) is 0 Å². The van der Waals surface area contributed by atoms with Crippen molar-refractivity contribution >= 4 is 0 Å². The fourth-order valence-corrected chi connectivity index (χ4v) is 2.30. The quantitative estimate of drug-likeness (QED) is 0.718. The average Bonchev–Trinajstić information content (AvgIpc) is 2.57. The zero-order valence-corrected chi connectivity index (χ0v) is 11.6. The molecule has 0 aromatic rings. The molecule has 0 spiro atoms. The molecule has 0 unspecified atom stereocenters. The summed E-state index contributed by atoms with van der Waals surface area (Å²) in [5.41, 5.74) is 4.89. The molecular weight excluding hydrogens is 247 g/mol. The molecule has 0 N–H and O–H groups in total. The Morgan fingerprint density at radius 3 is 2.50 bits per heavy atom. The SMILES string of the molecule is CCCCC1=CC2=C([CH]1)CCCC2.[Zr]. The van der Waals surface area contributed by atoms with E-state index in [2.05, 4.69) is 19.4 Å². The van der Waals surface area contributed by atoms with Gasteiger partial charge >= 0.3 is 0 Å². The Labute approximate surface area is 107 Å². The summed E-state index contributed by atoms with van der Waals surface area (Å²) in [6.07, 6.45) is 14.3. The largest absolute Gasteiger partial charge is 0.0654 e. The number of allylic oxidation sites excluding steroid dienone is 4. The van der Waals surface area contributed by atoms with Gasteiger partial charge in [0.25, 0.3) is 0 Å². The molecule has 0 heterocycles. The van der Waals surface area contributed by atoms with Gasteiger partial charge in [-0.25, -0.2) is 0 Å². The Bertz CT molecular complexity index is 248. The van der Waals surface area contributed by atoms with E-state index in [1.165, 1.54) is 44.9 Å². The normalized spacial score (nSPS) is 20.2. The van der Waals surface area contributed by atoms with Crippen LogP contribution in [0.1, 0.15) is 51.9 Å². The van der Waals surface area contributed by atoms with Crippen molar-refractivity contribution in [1.29, 1.82) is 0 Å². The summed E-state index contributed by atoms with van der Waals surface area (Å²) in [7, 11) is 0. The average molecular weight is 267 g/mol. The Morgan fingerprint density at radius 2 is 1.86 bits per heavy atom. The second-order valence-corrected chi connectivity index (χ2v) is 4.22. The van der Waals surface area contributed by atoms with Crippen molar-refractivity contribution in [3.05, 3.63) is 29.2 Å². The minimum Gasteiger partial charge on any atom is -0.0654 e. The van der Waals surface area contributed by atoms with Crippen LogP contribution in [0.2, 0.25) is 0 Å². The number of hydrogen-bond donors (Lipinski definition) is 0. The molecule has 0 amide bonds. The van der Waals surface area contributed by atoms with Gasteiger partial charge in [0.2, 0.25) is 0 Å². The maximum absolute atomic E-state index is 2.45. The van der Waals surface area contributed by atoms with Crippen molar-refractivity contribution in [3.63, 3.8) is 0 Å². The molecule has 2 aliphatic rings. The predicted molar refractivity (Wildman–Crippen MR) is 57.4 cm³/mol. The second-order valence-electron chi connectivity index (χ2n) is 4.22. The topological polar surface area (TPSA) is 0 Å². The molecule has 0 bridgehead atoms. The first-order valence-electron chi connectivity index (χ1n) is 5.67. The van der Waals surface area contributed by atoms with Crippen LogP contribution in [0.15, 0.2) is 22.8 Å². The minimum absolute atomic E-state index is 0. The van der Waals surface area contributed by atoms with E-state index in [4.69, 9.17) is 0 Å². The Balaban J connectivity index is 0.000000980. The van der Waals surface area contributed by atoms with Gasteiger partial charge in [-0.3, -0.25) is 0 Å². The first-order chi connectivity index (χ1) is 6.40. The van der Waals surface area contributed by atoms with Gasteiger partial charge in [0, 0.05) is 32.6 Å². The number of hydrogen-bond acceptors (Lipinski definition) is 0.